The van der Waals surface area contributed by atoms with Crippen LogP contribution in [0.15, 0.2) is 33.6 Å². The molecule has 0 bridgehead atoms. The van der Waals surface area contributed by atoms with E-state index in [9.17, 15) is 19.5 Å². The molecular weight excluding hydrogens is 534 g/mol. The number of carboxylic acids is 1. The van der Waals surface area contributed by atoms with Crippen LogP contribution in [0.4, 0.5) is 5.13 Å². The third-order valence-corrected chi connectivity index (χ3v) is 7.92. The minimum absolute atomic E-state index is 0.0457. The number of carbonyl (C=O) groups is 3. The van der Waals surface area contributed by atoms with Gasteiger partial charge in [-0.25, -0.2) is 4.79 Å². The average molecular weight is 550 g/mol. The lowest BCUT2D eigenvalue weighted by Crippen LogP contribution is -2.71. The number of oxime groups is 1. The second-order valence-corrected chi connectivity index (χ2v) is 10.1. The lowest BCUT2D eigenvalue weighted by atomic mass is 10.0. The third-order valence-electron chi connectivity index (χ3n) is 5.03. The van der Waals surface area contributed by atoms with Crippen LogP contribution in [0.3, 0.4) is 0 Å². The molecular formula is C17H15N11O5S3. The van der Waals surface area contributed by atoms with E-state index in [2.05, 4.69) is 40.5 Å². The van der Waals surface area contributed by atoms with Gasteiger partial charge in [-0.15, -0.1) is 38.4 Å². The van der Waals surface area contributed by atoms with E-state index in [1.54, 1.807) is 12.1 Å². The molecule has 5 rings (SSSR count). The number of aromatic nitrogens is 7. The van der Waals surface area contributed by atoms with Crippen molar-refractivity contribution in [2.75, 3.05) is 24.3 Å². The van der Waals surface area contributed by atoms with E-state index in [1.165, 1.54) is 40.2 Å². The molecule has 3 aromatic rings. The molecule has 36 heavy (non-hydrogen) atoms. The number of nitrogens with one attached hydrogen (secondary N) is 1. The lowest BCUT2D eigenvalue weighted by Gasteiger charge is -2.49. The number of rotatable bonds is 8. The number of tetrazole rings is 1. The van der Waals surface area contributed by atoms with Gasteiger partial charge in [0.05, 0.1) is 0 Å². The molecule has 4 N–H and O–H groups in total. The largest absolute Gasteiger partial charge is 0.477 e. The topological polar surface area (TPSA) is 216 Å². The van der Waals surface area contributed by atoms with Crippen LogP contribution in [0.5, 0.6) is 0 Å². The summed E-state index contributed by atoms with van der Waals surface area (Å²) in [6, 6.07) is 2.45. The Bertz CT molecular complexity index is 1440. The van der Waals surface area contributed by atoms with Gasteiger partial charge in [0.25, 0.3) is 11.8 Å². The first-order valence-corrected chi connectivity index (χ1v) is 12.8. The molecule has 2 amide bonds. The summed E-state index contributed by atoms with van der Waals surface area (Å²) in [4.78, 5) is 47.6. The zero-order valence-corrected chi connectivity index (χ0v) is 20.6. The van der Waals surface area contributed by atoms with Gasteiger partial charge in [0.1, 0.15) is 29.2 Å². The standard InChI is InChI=1S/C17H15N11O5S3/c1-33-23-9(12-20-17(18)36-24-12)13(29)19-10-14(30)27-11(16(31)32)6(5-35-15(10)27)4-34-8-3-2-7-21-25-26-28(7)22-8/h2-3,10,15H,4-5H2,1H3,(H,19,29)(H,31,32)(H2,18,20,24)/t10?,15-/m0/s1. The van der Waals surface area contributed by atoms with Crippen LogP contribution >= 0.6 is 35.1 Å². The number of nitrogens with zero attached hydrogens (tertiary/aromatic N) is 9. The number of hydrogen-bond acceptors (Lipinski definition) is 15. The number of anilines is 1. The summed E-state index contributed by atoms with van der Waals surface area (Å²) in [6.07, 6.45) is 0. The van der Waals surface area contributed by atoms with E-state index in [4.69, 9.17) is 10.6 Å². The van der Waals surface area contributed by atoms with Crippen LogP contribution in [0.2, 0.25) is 0 Å². The highest BCUT2D eigenvalue weighted by Gasteiger charge is 2.54. The first-order valence-electron chi connectivity index (χ1n) is 9.97. The van der Waals surface area contributed by atoms with Gasteiger partial charge in [0.2, 0.25) is 11.5 Å². The van der Waals surface area contributed by atoms with Gasteiger partial charge in [-0.2, -0.15) is 9.36 Å². The van der Waals surface area contributed by atoms with Crippen LogP contribution in [-0.4, -0.2) is 98.1 Å². The normalized spacial score (nSPS) is 19.8. The predicted octanol–water partition coefficient (Wildman–Crippen LogP) is -1.17. The number of amides is 2. The van der Waals surface area contributed by atoms with Crippen LogP contribution in [0.25, 0.3) is 5.65 Å². The molecule has 0 spiro atoms. The second kappa shape index (κ2) is 9.66. The Morgan fingerprint density at radius 3 is 2.97 bits per heavy atom. The predicted molar refractivity (Wildman–Crippen MR) is 127 cm³/mol. The molecule has 2 atom stereocenters. The first kappa shape index (κ1) is 23.9. The molecule has 1 unspecified atom stereocenters. The van der Waals surface area contributed by atoms with Gasteiger partial charge in [0, 0.05) is 23.0 Å². The van der Waals surface area contributed by atoms with Crippen molar-refractivity contribution < 1.29 is 24.3 Å². The number of fused-ring (bicyclic) bond motifs is 2. The van der Waals surface area contributed by atoms with Crippen molar-refractivity contribution in [3.05, 3.63) is 29.2 Å². The number of carboxylic acid groups (broad SMARTS) is 1. The van der Waals surface area contributed by atoms with Crippen LogP contribution in [-0.2, 0) is 19.2 Å². The maximum absolute atomic E-state index is 12.9. The summed E-state index contributed by atoms with van der Waals surface area (Å²) in [7, 11) is 1.25. The zero-order valence-electron chi connectivity index (χ0n) is 18.1. The van der Waals surface area contributed by atoms with Crippen LogP contribution in [0.1, 0.15) is 5.82 Å². The van der Waals surface area contributed by atoms with Crippen molar-refractivity contribution in [2.45, 2.75) is 16.4 Å². The fourth-order valence-corrected chi connectivity index (χ4v) is 6.25. The molecule has 0 aromatic carbocycles. The Morgan fingerprint density at radius 2 is 2.25 bits per heavy atom. The number of nitrogens with two attached hydrogens (primary N) is 1. The molecule has 1 saturated heterocycles. The Kier molecular flexibility index (Phi) is 6.41. The van der Waals surface area contributed by atoms with E-state index in [1.807, 2.05) is 0 Å². The van der Waals surface area contributed by atoms with E-state index in [0.29, 0.717) is 22.0 Å². The number of aliphatic carboxylic acids is 1. The van der Waals surface area contributed by atoms with E-state index in [-0.39, 0.29) is 28.1 Å². The van der Waals surface area contributed by atoms with Gasteiger partial charge in [-0.05, 0) is 28.1 Å². The van der Waals surface area contributed by atoms with Crippen molar-refractivity contribution >= 4 is 69.3 Å². The fraction of sp³-hybridized carbons (Fsp3) is 0.294. The Labute approximate surface area is 213 Å². The first-order chi connectivity index (χ1) is 17.4. The summed E-state index contributed by atoms with van der Waals surface area (Å²) < 4.78 is 5.21. The van der Waals surface area contributed by atoms with Crippen molar-refractivity contribution in [3.8, 4) is 0 Å². The van der Waals surface area contributed by atoms with E-state index < -0.39 is 29.2 Å². The molecule has 5 heterocycles. The lowest BCUT2D eigenvalue weighted by molar-refractivity contribution is -0.150. The number of nitrogen functional groups attached to an aromatic ring is 1. The van der Waals surface area contributed by atoms with Crippen molar-refractivity contribution in [1.82, 2.24) is 44.8 Å². The average Bonchev–Trinajstić information content (AvgIpc) is 3.51. The highest BCUT2D eigenvalue weighted by atomic mass is 32.2. The molecule has 1 fully saturated rings. The van der Waals surface area contributed by atoms with E-state index in [0.717, 1.165) is 11.5 Å². The molecule has 16 nitrogen and oxygen atoms in total. The van der Waals surface area contributed by atoms with Crippen molar-refractivity contribution in [1.29, 1.82) is 0 Å². The maximum Gasteiger partial charge on any atom is 0.352 e. The Balaban J connectivity index is 1.30. The molecule has 3 aromatic heterocycles. The van der Waals surface area contributed by atoms with Gasteiger partial charge >= 0.3 is 5.97 Å². The molecule has 2 aliphatic heterocycles. The zero-order chi connectivity index (χ0) is 25.4. The Morgan fingerprint density at radius 1 is 1.42 bits per heavy atom. The van der Waals surface area contributed by atoms with Gasteiger partial charge in [-0.3, -0.25) is 14.5 Å². The number of thioether (sulfide) groups is 2. The van der Waals surface area contributed by atoms with Gasteiger partial charge in [0.15, 0.2) is 10.8 Å². The monoisotopic (exact) mass is 549 g/mol. The van der Waals surface area contributed by atoms with Crippen LogP contribution in [0, 0.1) is 0 Å². The molecule has 0 aliphatic carbocycles. The number of hydrogen-bond donors (Lipinski definition) is 3. The third kappa shape index (κ3) is 4.31. The quantitative estimate of drug-likeness (QED) is 0.131. The smallest absolute Gasteiger partial charge is 0.352 e. The summed E-state index contributed by atoms with van der Waals surface area (Å²) >= 11 is 3.50. The van der Waals surface area contributed by atoms with Gasteiger partial charge < -0.3 is 21.0 Å². The minimum atomic E-state index is -1.23. The van der Waals surface area contributed by atoms with Crippen molar-refractivity contribution in [3.63, 3.8) is 0 Å². The van der Waals surface area contributed by atoms with Gasteiger partial charge in [-0.1, -0.05) is 5.16 Å². The maximum atomic E-state index is 12.9. The van der Waals surface area contributed by atoms with Crippen molar-refractivity contribution in [2.24, 2.45) is 5.16 Å². The highest BCUT2D eigenvalue weighted by molar-refractivity contribution is 8.01. The summed E-state index contributed by atoms with van der Waals surface area (Å²) in [6.45, 7) is 0. The second-order valence-electron chi connectivity index (χ2n) is 7.18. The molecule has 186 valence electrons. The Hall–Kier alpha value is -3.84. The van der Waals surface area contributed by atoms with E-state index >= 15 is 0 Å². The molecule has 19 heteroatoms. The SMILES string of the molecule is CON=C(C(=O)NC1C(=O)N2C(C(=O)O)=C(CSc3ccc4nnnn4n3)CS[C@@H]12)c1nsc(N)n1. The summed E-state index contributed by atoms with van der Waals surface area (Å²) in [5.41, 5.74) is 6.24. The summed E-state index contributed by atoms with van der Waals surface area (Å²) in [5.74, 6) is -1.97. The van der Waals surface area contributed by atoms with Crippen LogP contribution < -0.4 is 11.1 Å². The number of β-lactam (4-membered cyclic amide) rings is 1. The molecule has 2 aliphatic rings. The number of carbonyl (C=O) groups excluding carboxylic acids is 2. The minimum Gasteiger partial charge on any atom is -0.477 e. The molecule has 0 saturated carbocycles. The molecule has 0 radical (unpaired) electrons. The summed E-state index contributed by atoms with van der Waals surface area (Å²) in [5, 5.41) is 31.5. The highest BCUT2D eigenvalue weighted by Crippen LogP contribution is 2.41. The fourth-order valence-electron chi connectivity index (χ4n) is 3.48.